The number of carbonyl (C=O) groups is 1. The van der Waals surface area contributed by atoms with Gasteiger partial charge < -0.3 is 16.8 Å². The Morgan fingerprint density at radius 1 is 1.53 bits per heavy atom. The molecular weight excluding hydrogens is 268 g/mol. The molecule has 1 aromatic heterocycles. The summed E-state index contributed by atoms with van der Waals surface area (Å²) < 4.78 is 22.6. The SMILES string of the molecule is NC(=O)c1cc(NCC2CCS(=O)(=O)C2)ncc1N. The lowest BCUT2D eigenvalue weighted by atomic mass is 10.1. The summed E-state index contributed by atoms with van der Waals surface area (Å²) in [5.74, 6) is 0.346. The first-order valence-electron chi connectivity index (χ1n) is 5.87. The molecule has 1 saturated heterocycles. The van der Waals surface area contributed by atoms with E-state index in [1.165, 1.54) is 12.3 Å². The molecule has 0 aliphatic carbocycles. The quantitative estimate of drug-likeness (QED) is 0.690. The second kappa shape index (κ2) is 5.04. The topological polar surface area (TPSA) is 128 Å². The number of hydrogen-bond donors (Lipinski definition) is 3. The lowest BCUT2D eigenvalue weighted by molar-refractivity contribution is 0.100. The fourth-order valence-electron chi connectivity index (χ4n) is 2.06. The Hall–Kier alpha value is -1.83. The highest BCUT2D eigenvalue weighted by atomic mass is 32.2. The molecule has 1 aliphatic rings. The number of aromatic nitrogens is 1. The molecular formula is C11H16N4O3S. The van der Waals surface area contributed by atoms with Crippen LogP contribution in [0.1, 0.15) is 16.8 Å². The zero-order valence-electron chi connectivity index (χ0n) is 10.3. The zero-order chi connectivity index (χ0) is 14.0. The molecule has 1 aliphatic heterocycles. The van der Waals surface area contributed by atoms with Gasteiger partial charge in [-0.3, -0.25) is 4.79 Å². The maximum absolute atomic E-state index is 11.3. The van der Waals surface area contributed by atoms with E-state index in [9.17, 15) is 13.2 Å². The minimum Gasteiger partial charge on any atom is -0.397 e. The summed E-state index contributed by atoms with van der Waals surface area (Å²) in [5.41, 5.74) is 11.2. The highest BCUT2D eigenvalue weighted by Gasteiger charge is 2.27. The van der Waals surface area contributed by atoms with E-state index in [4.69, 9.17) is 11.5 Å². The molecule has 104 valence electrons. The summed E-state index contributed by atoms with van der Waals surface area (Å²) in [4.78, 5) is 15.2. The summed E-state index contributed by atoms with van der Waals surface area (Å²) in [6.07, 6.45) is 2.00. The third-order valence-electron chi connectivity index (χ3n) is 3.10. The van der Waals surface area contributed by atoms with Crippen molar-refractivity contribution in [2.24, 2.45) is 11.7 Å². The number of sulfone groups is 1. The fourth-order valence-corrected chi connectivity index (χ4v) is 3.92. The number of nitrogens with two attached hydrogens (primary N) is 2. The Labute approximate surface area is 111 Å². The molecule has 5 N–H and O–H groups in total. The Bertz CT molecular complexity index is 600. The summed E-state index contributed by atoms with van der Waals surface area (Å²) in [6, 6.07) is 1.47. The molecule has 2 heterocycles. The Morgan fingerprint density at radius 3 is 2.84 bits per heavy atom. The van der Waals surface area contributed by atoms with Crippen molar-refractivity contribution >= 4 is 27.2 Å². The summed E-state index contributed by atoms with van der Waals surface area (Å²) >= 11 is 0. The molecule has 1 fully saturated rings. The Kier molecular flexibility index (Phi) is 3.61. The van der Waals surface area contributed by atoms with Crippen molar-refractivity contribution in [3.63, 3.8) is 0 Å². The first kappa shape index (κ1) is 13.6. The molecule has 0 bridgehead atoms. The molecule has 7 nitrogen and oxygen atoms in total. The first-order valence-corrected chi connectivity index (χ1v) is 7.69. The number of amides is 1. The minimum absolute atomic E-state index is 0.0707. The minimum atomic E-state index is -2.88. The van der Waals surface area contributed by atoms with Crippen LogP contribution in [-0.2, 0) is 9.84 Å². The molecule has 8 heteroatoms. The van der Waals surface area contributed by atoms with Gasteiger partial charge in [-0.1, -0.05) is 0 Å². The molecule has 19 heavy (non-hydrogen) atoms. The normalized spacial score (nSPS) is 21.2. The number of nitrogen functional groups attached to an aromatic ring is 1. The summed E-state index contributed by atoms with van der Waals surface area (Å²) in [6.45, 7) is 0.494. The van der Waals surface area contributed by atoms with Gasteiger partial charge in [-0.05, 0) is 18.4 Å². The van der Waals surface area contributed by atoms with Crippen LogP contribution in [0.2, 0.25) is 0 Å². The van der Waals surface area contributed by atoms with E-state index in [1.807, 2.05) is 0 Å². The van der Waals surface area contributed by atoms with Gasteiger partial charge in [0.25, 0.3) is 5.91 Å². The van der Waals surface area contributed by atoms with Crippen molar-refractivity contribution in [2.75, 3.05) is 29.1 Å². The van der Waals surface area contributed by atoms with E-state index in [1.54, 1.807) is 0 Å². The van der Waals surface area contributed by atoms with Gasteiger partial charge in [0.2, 0.25) is 0 Å². The number of nitrogens with zero attached hydrogens (tertiary/aromatic N) is 1. The molecule has 1 atom stereocenters. The van der Waals surface area contributed by atoms with E-state index in [-0.39, 0.29) is 28.7 Å². The van der Waals surface area contributed by atoms with Crippen molar-refractivity contribution in [3.05, 3.63) is 17.8 Å². The predicted molar refractivity (Wildman–Crippen MR) is 72.4 cm³/mol. The van der Waals surface area contributed by atoms with Crippen LogP contribution in [0.5, 0.6) is 0 Å². The van der Waals surface area contributed by atoms with Crippen LogP contribution in [0.4, 0.5) is 11.5 Å². The number of nitrogens with one attached hydrogen (secondary N) is 1. The summed E-state index contributed by atoms with van der Waals surface area (Å²) in [7, 11) is -2.88. The van der Waals surface area contributed by atoms with Crippen molar-refractivity contribution in [2.45, 2.75) is 6.42 Å². The van der Waals surface area contributed by atoms with Gasteiger partial charge in [-0.15, -0.1) is 0 Å². The maximum Gasteiger partial charge on any atom is 0.250 e. The van der Waals surface area contributed by atoms with Gasteiger partial charge in [0.15, 0.2) is 9.84 Å². The number of rotatable bonds is 4. The van der Waals surface area contributed by atoms with Gasteiger partial charge in [0.1, 0.15) is 5.82 Å². The number of hydrogen-bond acceptors (Lipinski definition) is 6. The highest BCUT2D eigenvalue weighted by Crippen LogP contribution is 2.20. The van der Waals surface area contributed by atoms with Gasteiger partial charge in [0, 0.05) is 6.54 Å². The highest BCUT2D eigenvalue weighted by molar-refractivity contribution is 7.91. The lowest BCUT2D eigenvalue weighted by Crippen LogP contribution is -2.18. The number of pyridine rings is 1. The maximum atomic E-state index is 11.3. The predicted octanol–water partition coefficient (Wildman–Crippen LogP) is -0.391. The van der Waals surface area contributed by atoms with Crippen LogP contribution in [0.3, 0.4) is 0 Å². The average Bonchev–Trinajstić information content (AvgIpc) is 2.67. The van der Waals surface area contributed by atoms with Crippen LogP contribution >= 0.6 is 0 Å². The third kappa shape index (κ3) is 3.34. The Morgan fingerprint density at radius 2 is 2.26 bits per heavy atom. The molecule has 1 unspecified atom stereocenters. The van der Waals surface area contributed by atoms with Crippen molar-refractivity contribution < 1.29 is 13.2 Å². The van der Waals surface area contributed by atoms with E-state index in [2.05, 4.69) is 10.3 Å². The molecule has 0 radical (unpaired) electrons. The molecule has 0 saturated carbocycles. The van der Waals surface area contributed by atoms with Crippen molar-refractivity contribution in [1.82, 2.24) is 4.98 Å². The van der Waals surface area contributed by atoms with Crippen molar-refractivity contribution in [3.8, 4) is 0 Å². The number of primary amides is 1. The standard InChI is InChI=1S/C11H16N4O3S/c12-9-5-15-10(3-8(9)11(13)16)14-4-7-1-2-19(17,18)6-7/h3,5,7H,1-2,4,6,12H2,(H2,13,16)(H,14,15). The molecule has 1 amide bonds. The monoisotopic (exact) mass is 284 g/mol. The fraction of sp³-hybridized carbons (Fsp3) is 0.455. The van der Waals surface area contributed by atoms with Crippen LogP contribution in [0, 0.1) is 5.92 Å². The van der Waals surface area contributed by atoms with Gasteiger partial charge in [0.05, 0.1) is 29.0 Å². The Balaban J connectivity index is 2.01. The van der Waals surface area contributed by atoms with E-state index in [0.717, 1.165) is 0 Å². The molecule has 0 aromatic carbocycles. The zero-order valence-corrected chi connectivity index (χ0v) is 11.1. The molecule has 0 spiro atoms. The third-order valence-corrected chi connectivity index (χ3v) is 4.94. The first-order chi connectivity index (χ1) is 8.87. The largest absolute Gasteiger partial charge is 0.397 e. The summed E-state index contributed by atoms with van der Waals surface area (Å²) in [5, 5.41) is 3.01. The van der Waals surface area contributed by atoms with E-state index in [0.29, 0.717) is 18.8 Å². The molecule has 1 aromatic rings. The van der Waals surface area contributed by atoms with E-state index < -0.39 is 15.7 Å². The van der Waals surface area contributed by atoms with Gasteiger partial charge in [-0.2, -0.15) is 0 Å². The average molecular weight is 284 g/mol. The van der Waals surface area contributed by atoms with Crippen LogP contribution in [0.15, 0.2) is 12.3 Å². The smallest absolute Gasteiger partial charge is 0.250 e. The molecule has 2 rings (SSSR count). The van der Waals surface area contributed by atoms with Crippen LogP contribution in [0.25, 0.3) is 0 Å². The lowest BCUT2D eigenvalue weighted by Gasteiger charge is -2.11. The van der Waals surface area contributed by atoms with Crippen LogP contribution < -0.4 is 16.8 Å². The van der Waals surface area contributed by atoms with Gasteiger partial charge >= 0.3 is 0 Å². The number of carbonyl (C=O) groups excluding carboxylic acids is 1. The van der Waals surface area contributed by atoms with Crippen molar-refractivity contribution in [1.29, 1.82) is 0 Å². The van der Waals surface area contributed by atoms with E-state index >= 15 is 0 Å². The van der Waals surface area contributed by atoms with Gasteiger partial charge in [-0.25, -0.2) is 13.4 Å². The van der Waals surface area contributed by atoms with Crippen LogP contribution in [-0.4, -0.2) is 37.4 Å². The second-order valence-electron chi connectivity index (χ2n) is 4.67. The second-order valence-corrected chi connectivity index (χ2v) is 6.90. The number of anilines is 2.